The molecule has 2 aromatic rings. The molecule has 0 aromatic heterocycles. The first-order valence-corrected chi connectivity index (χ1v) is 6.87. The van der Waals surface area contributed by atoms with Gasteiger partial charge in [0.25, 0.3) is 0 Å². The molecule has 0 saturated heterocycles. The van der Waals surface area contributed by atoms with Gasteiger partial charge in [0.05, 0.1) is 6.61 Å². The van der Waals surface area contributed by atoms with E-state index in [4.69, 9.17) is 4.74 Å². The van der Waals surface area contributed by atoms with Crippen molar-refractivity contribution in [2.45, 2.75) is 26.8 Å². The van der Waals surface area contributed by atoms with Gasteiger partial charge < -0.3 is 10.1 Å². The van der Waals surface area contributed by atoms with Crippen LogP contribution < -0.4 is 10.1 Å². The highest BCUT2D eigenvalue weighted by molar-refractivity contribution is 5.47. The molecule has 0 heterocycles. The average Bonchev–Trinajstić information content (AvgIpc) is 2.47. The summed E-state index contributed by atoms with van der Waals surface area (Å²) in [4.78, 5) is 0. The van der Waals surface area contributed by atoms with Crippen LogP contribution in [0, 0.1) is 0 Å². The molecule has 2 aromatic carbocycles. The van der Waals surface area contributed by atoms with Gasteiger partial charge in [-0.15, -0.1) is 0 Å². The lowest BCUT2D eigenvalue weighted by atomic mass is 10.1. The number of aryl methyl sites for hydroxylation is 1. The second-order valence-electron chi connectivity index (χ2n) is 4.45. The lowest BCUT2D eigenvalue weighted by Gasteiger charge is -2.12. The Kier molecular flexibility index (Phi) is 4.85. The molecule has 0 aliphatic rings. The lowest BCUT2D eigenvalue weighted by molar-refractivity contribution is 0.337. The van der Waals surface area contributed by atoms with Gasteiger partial charge in [0.15, 0.2) is 0 Å². The largest absolute Gasteiger partial charge is 0.494 e. The van der Waals surface area contributed by atoms with Crippen LogP contribution in [0.5, 0.6) is 5.75 Å². The standard InChI is InChI=1S/C17H21NO/c1-3-14-8-7-10-16(12-14)18-13-15-9-5-6-11-17(15)19-4-2/h5-12,18H,3-4,13H2,1-2H3. The summed E-state index contributed by atoms with van der Waals surface area (Å²) in [5.74, 6) is 0.962. The Morgan fingerprint density at radius 3 is 2.63 bits per heavy atom. The number of rotatable bonds is 6. The van der Waals surface area contributed by atoms with Crippen LogP contribution in [-0.4, -0.2) is 6.61 Å². The topological polar surface area (TPSA) is 21.3 Å². The van der Waals surface area contributed by atoms with E-state index in [1.165, 1.54) is 11.1 Å². The van der Waals surface area contributed by atoms with Crippen LogP contribution in [0.25, 0.3) is 0 Å². The Hall–Kier alpha value is -1.96. The van der Waals surface area contributed by atoms with Gasteiger partial charge in [0.2, 0.25) is 0 Å². The third kappa shape index (κ3) is 3.75. The van der Waals surface area contributed by atoms with Gasteiger partial charge in [-0.3, -0.25) is 0 Å². The molecule has 0 atom stereocenters. The Morgan fingerprint density at radius 1 is 1.00 bits per heavy atom. The molecule has 0 aliphatic carbocycles. The van der Waals surface area contributed by atoms with E-state index in [0.717, 1.165) is 24.4 Å². The van der Waals surface area contributed by atoms with E-state index in [0.29, 0.717) is 6.61 Å². The highest BCUT2D eigenvalue weighted by atomic mass is 16.5. The molecule has 0 spiro atoms. The van der Waals surface area contributed by atoms with Crippen molar-refractivity contribution in [3.63, 3.8) is 0 Å². The summed E-state index contributed by atoms with van der Waals surface area (Å²) >= 11 is 0. The smallest absolute Gasteiger partial charge is 0.124 e. The van der Waals surface area contributed by atoms with Gasteiger partial charge in [-0.05, 0) is 37.1 Å². The van der Waals surface area contributed by atoms with Crippen LogP contribution in [-0.2, 0) is 13.0 Å². The quantitative estimate of drug-likeness (QED) is 0.832. The summed E-state index contributed by atoms with van der Waals surface area (Å²) < 4.78 is 5.63. The molecular weight excluding hydrogens is 234 g/mol. The molecule has 19 heavy (non-hydrogen) atoms. The van der Waals surface area contributed by atoms with Crippen LogP contribution in [0.1, 0.15) is 25.0 Å². The Balaban J connectivity index is 2.05. The SMILES string of the molecule is CCOc1ccccc1CNc1cccc(CC)c1. The molecular formula is C17H21NO. The molecule has 100 valence electrons. The normalized spacial score (nSPS) is 10.2. The molecule has 2 nitrogen and oxygen atoms in total. The average molecular weight is 255 g/mol. The molecule has 0 amide bonds. The van der Waals surface area contributed by atoms with Gasteiger partial charge in [-0.1, -0.05) is 37.3 Å². The van der Waals surface area contributed by atoms with Crippen molar-refractivity contribution < 1.29 is 4.74 Å². The molecule has 0 radical (unpaired) electrons. The number of hydrogen-bond acceptors (Lipinski definition) is 2. The summed E-state index contributed by atoms with van der Waals surface area (Å²) in [6, 6.07) is 16.7. The van der Waals surface area contributed by atoms with Crippen molar-refractivity contribution in [1.82, 2.24) is 0 Å². The Morgan fingerprint density at radius 2 is 1.84 bits per heavy atom. The van der Waals surface area contributed by atoms with Crippen molar-refractivity contribution in [3.8, 4) is 5.75 Å². The fourth-order valence-electron chi connectivity index (χ4n) is 2.04. The van der Waals surface area contributed by atoms with Crippen LogP contribution in [0.15, 0.2) is 48.5 Å². The van der Waals surface area contributed by atoms with Crippen LogP contribution >= 0.6 is 0 Å². The van der Waals surface area contributed by atoms with Crippen LogP contribution in [0.4, 0.5) is 5.69 Å². The van der Waals surface area contributed by atoms with E-state index >= 15 is 0 Å². The fraction of sp³-hybridized carbons (Fsp3) is 0.294. The van der Waals surface area contributed by atoms with E-state index < -0.39 is 0 Å². The second kappa shape index (κ2) is 6.83. The molecule has 2 heteroatoms. The predicted octanol–water partition coefficient (Wildman–Crippen LogP) is 4.26. The van der Waals surface area contributed by atoms with Crippen molar-refractivity contribution in [1.29, 1.82) is 0 Å². The number of nitrogens with one attached hydrogen (secondary N) is 1. The number of para-hydroxylation sites is 1. The van der Waals surface area contributed by atoms with Gasteiger partial charge in [-0.25, -0.2) is 0 Å². The molecule has 0 unspecified atom stereocenters. The highest BCUT2D eigenvalue weighted by Crippen LogP contribution is 2.20. The molecule has 0 fully saturated rings. The zero-order valence-electron chi connectivity index (χ0n) is 11.6. The van der Waals surface area contributed by atoms with Crippen molar-refractivity contribution >= 4 is 5.69 Å². The van der Waals surface area contributed by atoms with Gasteiger partial charge in [0.1, 0.15) is 5.75 Å². The second-order valence-corrected chi connectivity index (χ2v) is 4.45. The van der Waals surface area contributed by atoms with Crippen LogP contribution in [0.2, 0.25) is 0 Å². The number of anilines is 1. The van der Waals surface area contributed by atoms with Crippen LogP contribution in [0.3, 0.4) is 0 Å². The van der Waals surface area contributed by atoms with Gasteiger partial charge in [-0.2, -0.15) is 0 Å². The Bertz CT molecular complexity index is 522. The van der Waals surface area contributed by atoms with E-state index in [1.54, 1.807) is 0 Å². The zero-order chi connectivity index (χ0) is 13.5. The maximum Gasteiger partial charge on any atom is 0.124 e. The summed E-state index contributed by atoms with van der Waals surface area (Å²) in [7, 11) is 0. The number of hydrogen-bond donors (Lipinski definition) is 1. The first-order chi connectivity index (χ1) is 9.33. The minimum absolute atomic E-state index is 0.697. The van der Waals surface area contributed by atoms with E-state index in [2.05, 4.69) is 42.6 Å². The summed E-state index contributed by atoms with van der Waals surface area (Å²) in [5.41, 5.74) is 3.69. The Labute approximate surface area is 115 Å². The molecule has 0 aliphatic heterocycles. The highest BCUT2D eigenvalue weighted by Gasteiger charge is 2.02. The molecule has 0 bridgehead atoms. The fourth-order valence-corrected chi connectivity index (χ4v) is 2.04. The summed E-state index contributed by atoms with van der Waals surface area (Å²) in [6.45, 7) is 5.66. The van der Waals surface area contributed by atoms with E-state index in [9.17, 15) is 0 Å². The summed E-state index contributed by atoms with van der Waals surface area (Å²) in [6.07, 6.45) is 1.06. The minimum atomic E-state index is 0.697. The maximum atomic E-state index is 5.63. The van der Waals surface area contributed by atoms with Gasteiger partial charge in [0, 0.05) is 17.8 Å². The van der Waals surface area contributed by atoms with Crippen molar-refractivity contribution in [2.24, 2.45) is 0 Å². The molecule has 0 saturated carbocycles. The maximum absolute atomic E-state index is 5.63. The number of ether oxygens (including phenoxy) is 1. The minimum Gasteiger partial charge on any atom is -0.494 e. The predicted molar refractivity (Wildman–Crippen MR) is 80.8 cm³/mol. The monoisotopic (exact) mass is 255 g/mol. The van der Waals surface area contributed by atoms with Gasteiger partial charge >= 0.3 is 0 Å². The van der Waals surface area contributed by atoms with Crippen molar-refractivity contribution in [3.05, 3.63) is 59.7 Å². The third-order valence-corrected chi connectivity index (χ3v) is 3.09. The molecule has 1 N–H and O–H groups in total. The first kappa shape index (κ1) is 13.5. The van der Waals surface area contributed by atoms with E-state index in [-0.39, 0.29) is 0 Å². The first-order valence-electron chi connectivity index (χ1n) is 6.87. The van der Waals surface area contributed by atoms with Crippen molar-refractivity contribution in [2.75, 3.05) is 11.9 Å². The lowest BCUT2D eigenvalue weighted by Crippen LogP contribution is -2.03. The zero-order valence-corrected chi connectivity index (χ0v) is 11.6. The summed E-state index contributed by atoms with van der Waals surface area (Å²) in [5, 5.41) is 3.45. The molecule has 2 rings (SSSR count). The number of benzene rings is 2. The third-order valence-electron chi connectivity index (χ3n) is 3.09. The van der Waals surface area contributed by atoms with E-state index in [1.807, 2.05) is 25.1 Å².